The lowest BCUT2D eigenvalue weighted by Crippen LogP contribution is -2.36. The first kappa shape index (κ1) is 22.8. The topological polar surface area (TPSA) is 42.4 Å². The lowest BCUT2D eigenvalue weighted by atomic mass is 10.0. The molecule has 1 aromatic heterocycles. The fraction of sp³-hybridized carbons (Fsp3) is 0.308. The molecule has 0 N–H and O–H groups in total. The SMILES string of the molecule is CCOC(=O)C1Cc2cc(-c3cc(C(F)(F)F)ccn3)ccc2N1c1ccc(C(C)C)cc1. The van der Waals surface area contributed by atoms with Gasteiger partial charge >= 0.3 is 12.1 Å². The third-order valence-electron chi connectivity index (χ3n) is 5.84. The molecule has 172 valence electrons. The summed E-state index contributed by atoms with van der Waals surface area (Å²) in [5.41, 5.74) is 3.81. The number of aromatic nitrogens is 1. The Bertz CT molecular complexity index is 1160. The van der Waals surface area contributed by atoms with E-state index in [0.717, 1.165) is 35.3 Å². The van der Waals surface area contributed by atoms with Crippen LogP contribution in [0.15, 0.2) is 60.8 Å². The smallest absolute Gasteiger partial charge is 0.416 e. The molecule has 0 amide bonds. The van der Waals surface area contributed by atoms with E-state index in [-0.39, 0.29) is 18.3 Å². The van der Waals surface area contributed by atoms with Crippen LogP contribution in [0.1, 0.15) is 43.4 Å². The van der Waals surface area contributed by atoms with E-state index in [4.69, 9.17) is 4.74 Å². The molecule has 4 nitrogen and oxygen atoms in total. The van der Waals surface area contributed by atoms with Gasteiger partial charge in [-0.2, -0.15) is 13.2 Å². The Kier molecular flexibility index (Phi) is 6.15. The van der Waals surface area contributed by atoms with E-state index in [1.54, 1.807) is 13.0 Å². The molecule has 1 aliphatic heterocycles. The lowest BCUT2D eigenvalue weighted by Gasteiger charge is -2.26. The number of anilines is 2. The first-order valence-corrected chi connectivity index (χ1v) is 10.9. The van der Waals surface area contributed by atoms with E-state index < -0.39 is 17.8 Å². The summed E-state index contributed by atoms with van der Waals surface area (Å²) in [7, 11) is 0. The summed E-state index contributed by atoms with van der Waals surface area (Å²) in [5.74, 6) is 0.0497. The van der Waals surface area contributed by atoms with Gasteiger partial charge in [0.15, 0.2) is 0 Å². The molecule has 2 heterocycles. The monoisotopic (exact) mass is 454 g/mol. The van der Waals surface area contributed by atoms with Crippen LogP contribution in [-0.2, 0) is 22.1 Å². The van der Waals surface area contributed by atoms with Crippen LogP contribution in [0.5, 0.6) is 0 Å². The fourth-order valence-corrected chi connectivity index (χ4v) is 4.14. The third kappa shape index (κ3) is 4.58. The molecule has 33 heavy (non-hydrogen) atoms. The number of esters is 1. The van der Waals surface area contributed by atoms with Crippen molar-refractivity contribution >= 4 is 17.3 Å². The maximum Gasteiger partial charge on any atom is 0.416 e. The minimum atomic E-state index is -4.44. The summed E-state index contributed by atoms with van der Waals surface area (Å²) < 4.78 is 44.8. The number of alkyl halides is 3. The van der Waals surface area contributed by atoms with Crippen molar-refractivity contribution in [1.29, 1.82) is 0 Å². The molecule has 0 saturated carbocycles. The van der Waals surface area contributed by atoms with Gasteiger partial charge in [-0.1, -0.05) is 32.0 Å². The number of benzene rings is 2. The Morgan fingerprint density at radius 1 is 1.12 bits per heavy atom. The summed E-state index contributed by atoms with van der Waals surface area (Å²) in [6.45, 7) is 6.26. The van der Waals surface area contributed by atoms with Crippen LogP contribution in [0.2, 0.25) is 0 Å². The van der Waals surface area contributed by atoms with Gasteiger partial charge in [0.1, 0.15) is 6.04 Å². The molecule has 3 aromatic rings. The highest BCUT2D eigenvalue weighted by molar-refractivity contribution is 5.89. The first-order chi connectivity index (χ1) is 15.7. The van der Waals surface area contributed by atoms with Gasteiger partial charge in [-0.25, -0.2) is 4.79 Å². The van der Waals surface area contributed by atoms with Crippen molar-refractivity contribution in [2.75, 3.05) is 11.5 Å². The van der Waals surface area contributed by atoms with Crippen LogP contribution in [0.25, 0.3) is 11.3 Å². The molecular weight excluding hydrogens is 429 g/mol. The number of ether oxygens (including phenoxy) is 1. The molecule has 0 fully saturated rings. The van der Waals surface area contributed by atoms with Crippen LogP contribution < -0.4 is 4.90 Å². The molecule has 0 aliphatic carbocycles. The summed E-state index contributed by atoms with van der Waals surface area (Å²) in [4.78, 5) is 18.9. The van der Waals surface area contributed by atoms with Crippen molar-refractivity contribution in [3.05, 3.63) is 77.5 Å². The number of carbonyl (C=O) groups excluding carboxylic acids is 1. The van der Waals surface area contributed by atoms with E-state index in [0.29, 0.717) is 17.9 Å². The minimum Gasteiger partial charge on any atom is -0.464 e. The number of nitrogens with zero attached hydrogens (tertiary/aromatic N) is 2. The predicted molar refractivity (Wildman–Crippen MR) is 121 cm³/mol. The van der Waals surface area contributed by atoms with Crippen LogP contribution in [0.4, 0.5) is 24.5 Å². The van der Waals surface area contributed by atoms with Crippen molar-refractivity contribution in [1.82, 2.24) is 4.98 Å². The summed E-state index contributed by atoms with van der Waals surface area (Å²) in [6.07, 6.45) is -2.88. The summed E-state index contributed by atoms with van der Waals surface area (Å²) in [6, 6.07) is 14.9. The molecule has 7 heteroatoms. The van der Waals surface area contributed by atoms with Gasteiger partial charge in [0, 0.05) is 29.6 Å². The number of carbonyl (C=O) groups is 1. The quantitative estimate of drug-likeness (QED) is 0.412. The van der Waals surface area contributed by atoms with Crippen molar-refractivity contribution in [3.8, 4) is 11.3 Å². The van der Waals surface area contributed by atoms with E-state index in [9.17, 15) is 18.0 Å². The lowest BCUT2D eigenvalue weighted by molar-refractivity contribution is -0.144. The molecule has 2 aromatic carbocycles. The summed E-state index contributed by atoms with van der Waals surface area (Å²) >= 11 is 0. The highest BCUT2D eigenvalue weighted by atomic mass is 19.4. The highest BCUT2D eigenvalue weighted by Crippen LogP contribution is 2.41. The molecule has 1 unspecified atom stereocenters. The average Bonchev–Trinajstić information content (AvgIpc) is 3.18. The number of hydrogen-bond donors (Lipinski definition) is 0. The molecule has 0 saturated heterocycles. The Morgan fingerprint density at radius 2 is 1.85 bits per heavy atom. The molecule has 0 spiro atoms. The number of rotatable bonds is 5. The number of hydrogen-bond acceptors (Lipinski definition) is 4. The van der Waals surface area contributed by atoms with Gasteiger partial charge in [0.05, 0.1) is 17.9 Å². The Balaban J connectivity index is 1.74. The van der Waals surface area contributed by atoms with Gasteiger partial charge in [0.25, 0.3) is 0 Å². The predicted octanol–water partition coefficient (Wildman–Crippen LogP) is 6.52. The molecule has 1 aliphatic rings. The second-order valence-corrected chi connectivity index (χ2v) is 8.36. The van der Waals surface area contributed by atoms with Gasteiger partial charge in [-0.15, -0.1) is 0 Å². The fourth-order valence-electron chi connectivity index (χ4n) is 4.14. The summed E-state index contributed by atoms with van der Waals surface area (Å²) in [5, 5.41) is 0. The third-order valence-corrected chi connectivity index (χ3v) is 5.84. The zero-order valence-corrected chi connectivity index (χ0v) is 18.7. The van der Waals surface area contributed by atoms with Crippen molar-refractivity contribution < 1.29 is 22.7 Å². The maximum absolute atomic E-state index is 13.1. The van der Waals surface area contributed by atoms with Crippen LogP contribution in [0, 0.1) is 0 Å². The van der Waals surface area contributed by atoms with Gasteiger partial charge in [-0.05, 0) is 60.4 Å². The average molecular weight is 454 g/mol. The maximum atomic E-state index is 13.1. The number of halogens is 3. The number of pyridine rings is 1. The van der Waals surface area contributed by atoms with Crippen molar-refractivity contribution in [3.63, 3.8) is 0 Å². The molecule has 4 rings (SSSR count). The minimum absolute atomic E-state index is 0.236. The normalized spacial score (nSPS) is 15.6. The largest absolute Gasteiger partial charge is 0.464 e. The van der Waals surface area contributed by atoms with Crippen LogP contribution in [-0.4, -0.2) is 23.6 Å². The van der Waals surface area contributed by atoms with Crippen LogP contribution >= 0.6 is 0 Å². The highest BCUT2D eigenvalue weighted by Gasteiger charge is 2.37. The van der Waals surface area contributed by atoms with Gasteiger partial charge < -0.3 is 9.64 Å². The van der Waals surface area contributed by atoms with Crippen molar-refractivity contribution in [2.45, 2.75) is 45.3 Å². The van der Waals surface area contributed by atoms with Gasteiger partial charge in [-0.3, -0.25) is 4.98 Å². The van der Waals surface area contributed by atoms with Gasteiger partial charge in [0.2, 0.25) is 0 Å². The van der Waals surface area contributed by atoms with E-state index >= 15 is 0 Å². The first-order valence-electron chi connectivity index (χ1n) is 10.9. The molecular formula is C26H25F3N2O2. The second-order valence-electron chi connectivity index (χ2n) is 8.36. The Morgan fingerprint density at radius 3 is 2.48 bits per heavy atom. The van der Waals surface area contributed by atoms with E-state index in [1.807, 2.05) is 41.3 Å². The van der Waals surface area contributed by atoms with Crippen LogP contribution in [0.3, 0.4) is 0 Å². The Hall–Kier alpha value is -3.35. The molecule has 0 bridgehead atoms. The zero-order chi connectivity index (χ0) is 23.8. The zero-order valence-electron chi connectivity index (χ0n) is 18.7. The molecule has 0 radical (unpaired) electrons. The standard InChI is InChI=1S/C26H25F3N2O2/c1-4-33-25(32)24-14-19-13-18(22-15-20(11-12-30-22)26(27,28)29)7-10-23(19)31(24)21-8-5-17(6-9-21)16(2)3/h5-13,15-16,24H,4,14H2,1-3H3. The molecule has 1 atom stereocenters. The van der Waals surface area contributed by atoms with Crippen molar-refractivity contribution in [2.24, 2.45) is 0 Å². The number of fused-ring (bicyclic) bond motifs is 1. The second kappa shape index (κ2) is 8.89. The Labute approximate surface area is 191 Å². The van der Waals surface area contributed by atoms with E-state index in [1.165, 1.54) is 5.56 Å². The van der Waals surface area contributed by atoms with E-state index in [2.05, 4.69) is 18.8 Å².